The van der Waals surface area contributed by atoms with E-state index in [1.165, 1.54) is 12.1 Å². The zero-order valence-corrected chi connectivity index (χ0v) is 17.2. The molecule has 0 fully saturated rings. The molecule has 0 atom stereocenters. The van der Waals surface area contributed by atoms with E-state index in [1.54, 1.807) is 60.7 Å². The first-order valence-electron chi connectivity index (χ1n) is 9.09. The second-order valence-electron chi connectivity index (χ2n) is 6.73. The van der Waals surface area contributed by atoms with Crippen LogP contribution >= 0.6 is 15.9 Å². The van der Waals surface area contributed by atoms with Crippen molar-refractivity contribution in [3.63, 3.8) is 0 Å². The minimum Gasteiger partial charge on any atom is -0.488 e. The van der Waals surface area contributed by atoms with Crippen molar-refractivity contribution in [2.24, 2.45) is 0 Å². The average molecular weight is 463 g/mol. The monoisotopic (exact) mass is 462 g/mol. The summed E-state index contributed by atoms with van der Waals surface area (Å²) in [7, 11) is 0. The molecule has 1 aliphatic carbocycles. The fourth-order valence-corrected chi connectivity index (χ4v) is 3.61. The predicted octanol–water partition coefficient (Wildman–Crippen LogP) is 5.19. The number of benzene rings is 3. The number of rotatable bonds is 5. The Kier molecular flexibility index (Phi) is 5.33. The molecule has 3 aromatic rings. The van der Waals surface area contributed by atoms with Gasteiger partial charge in [-0.3, -0.25) is 9.59 Å². The van der Waals surface area contributed by atoms with E-state index in [9.17, 15) is 14.4 Å². The van der Waals surface area contributed by atoms with Crippen LogP contribution in [0.25, 0.3) is 6.08 Å². The van der Waals surface area contributed by atoms with Gasteiger partial charge in [0.2, 0.25) is 0 Å². The molecule has 1 N–H and O–H groups in total. The SMILES string of the molecule is O=C(O)c1ccc(COc2ccc(Br)cc2C=C2C(=O)c3ccccc3C2=O)cc1. The number of ether oxygens (including phenoxy) is 1. The van der Waals surface area contributed by atoms with Gasteiger partial charge in [-0.2, -0.15) is 0 Å². The summed E-state index contributed by atoms with van der Waals surface area (Å²) in [5.74, 6) is -1.09. The summed E-state index contributed by atoms with van der Waals surface area (Å²) in [5.41, 5.74) is 2.50. The lowest BCUT2D eigenvalue weighted by Gasteiger charge is -2.11. The van der Waals surface area contributed by atoms with Gasteiger partial charge in [-0.15, -0.1) is 0 Å². The van der Waals surface area contributed by atoms with E-state index in [-0.39, 0.29) is 29.3 Å². The van der Waals surface area contributed by atoms with E-state index < -0.39 is 5.97 Å². The molecular weight excluding hydrogens is 448 g/mol. The maximum absolute atomic E-state index is 12.7. The summed E-state index contributed by atoms with van der Waals surface area (Å²) >= 11 is 3.41. The fraction of sp³-hybridized carbons (Fsp3) is 0.0417. The van der Waals surface area contributed by atoms with Crippen molar-refractivity contribution in [2.45, 2.75) is 6.61 Å². The smallest absolute Gasteiger partial charge is 0.335 e. The Morgan fingerprint density at radius 3 is 2.17 bits per heavy atom. The third kappa shape index (κ3) is 3.82. The lowest BCUT2D eigenvalue weighted by molar-refractivity contribution is 0.0696. The molecule has 148 valence electrons. The maximum Gasteiger partial charge on any atom is 0.335 e. The molecule has 30 heavy (non-hydrogen) atoms. The van der Waals surface area contributed by atoms with Gasteiger partial charge in [0.05, 0.1) is 11.1 Å². The number of allylic oxidation sites excluding steroid dienone is 1. The minimum absolute atomic E-state index is 0.102. The zero-order valence-electron chi connectivity index (χ0n) is 15.6. The number of carbonyl (C=O) groups is 3. The standard InChI is InChI=1S/C24H15BrO5/c25-17-9-10-21(30-13-14-5-7-15(8-6-14)24(28)29)16(11-17)12-20-22(26)18-3-1-2-4-19(18)23(20)27/h1-12H,13H2,(H,28,29). The molecule has 0 saturated heterocycles. The lowest BCUT2D eigenvalue weighted by Crippen LogP contribution is -2.02. The van der Waals surface area contributed by atoms with Crippen molar-refractivity contribution in [3.8, 4) is 5.75 Å². The highest BCUT2D eigenvalue weighted by molar-refractivity contribution is 9.10. The molecule has 5 nitrogen and oxygen atoms in total. The minimum atomic E-state index is -0.990. The third-order valence-corrected chi connectivity index (χ3v) is 5.27. The molecule has 3 aromatic carbocycles. The van der Waals surface area contributed by atoms with Crippen molar-refractivity contribution < 1.29 is 24.2 Å². The normalized spacial score (nSPS) is 12.6. The fourth-order valence-electron chi connectivity index (χ4n) is 3.23. The highest BCUT2D eigenvalue weighted by atomic mass is 79.9. The zero-order chi connectivity index (χ0) is 21.3. The summed E-state index contributed by atoms with van der Waals surface area (Å²) in [6, 6.07) is 18.5. The van der Waals surface area contributed by atoms with Crippen LogP contribution in [-0.4, -0.2) is 22.6 Å². The number of carbonyl (C=O) groups excluding carboxylic acids is 2. The third-order valence-electron chi connectivity index (χ3n) is 4.77. The van der Waals surface area contributed by atoms with Crippen LogP contribution in [0.5, 0.6) is 5.75 Å². The van der Waals surface area contributed by atoms with E-state index in [2.05, 4.69) is 15.9 Å². The number of ketones is 2. The first-order valence-corrected chi connectivity index (χ1v) is 9.88. The Hall–Kier alpha value is -3.51. The van der Waals surface area contributed by atoms with Crippen LogP contribution in [0.2, 0.25) is 0 Å². The number of carboxylic acids is 1. The number of hydrogen-bond acceptors (Lipinski definition) is 4. The summed E-state index contributed by atoms with van der Waals surface area (Å²) < 4.78 is 6.68. The largest absolute Gasteiger partial charge is 0.488 e. The molecule has 0 spiro atoms. The molecule has 0 aromatic heterocycles. The van der Waals surface area contributed by atoms with Crippen LogP contribution in [0.4, 0.5) is 0 Å². The highest BCUT2D eigenvalue weighted by Gasteiger charge is 2.32. The lowest BCUT2D eigenvalue weighted by atomic mass is 10.1. The molecule has 0 aliphatic heterocycles. The van der Waals surface area contributed by atoms with Crippen LogP contribution in [0.3, 0.4) is 0 Å². The number of fused-ring (bicyclic) bond motifs is 1. The Bertz CT molecular complexity index is 1170. The van der Waals surface area contributed by atoms with Crippen molar-refractivity contribution >= 4 is 39.5 Å². The highest BCUT2D eigenvalue weighted by Crippen LogP contribution is 2.31. The second kappa shape index (κ2) is 8.08. The van der Waals surface area contributed by atoms with Crippen molar-refractivity contribution in [1.82, 2.24) is 0 Å². The molecule has 0 radical (unpaired) electrons. The molecule has 0 heterocycles. The maximum atomic E-state index is 12.7. The van der Waals surface area contributed by atoms with Gasteiger partial charge >= 0.3 is 5.97 Å². The van der Waals surface area contributed by atoms with Crippen LogP contribution in [0.1, 0.15) is 42.2 Å². The first kappa shape index (κ1) is 19.8. The van der Waals surface area contributed by atoms with Gasteiger partial charge in [0.25, 0.3) is 0 Å². The van der Waals surface area contributed by atoms with Crippen molar-refractivity contribution in [1.29, 1.82) is 0 Å². The van der Waals surface area contributed by atoms with Crippen LogP contribution in [0, 0.1) is 0 Å². The van der Waals surface area contributed by atoms with E-state index >= 15 is 0 Å². The molecular formula is C24H15BrO5. The topological polar surface area (TPSA) is 80.7 Å². The number of Topliss-reactive ketones (excluding diaryl/α,β-unsaturated/α-hetero) is 2. The summed E-state index contributed by atoms with van der Waals surface area (Å²) in [4.78, 5) is 36.3. The van der Waals surface area contributed by atoms with Gasteiger partial charge in [-0.1, -0.05) is 52.3 Å². The van der Waals surface area contributed by atoms with Crippen LogP contribution < -0.4 is 4.74 Å². The van der Waals surface area contributed by atoms with Gasteiger partial charge in [-0.05, 0) is 42.0 Å². The van der Waals surface area contributed by atoms with Gasteiger partial charge in [0.15, 0.2) is 11.6 Å². The number of halogens is 1. The van der Waals surface area contributed by atoms with Crippen LogP contribution in [-0.2, 0) is 6.61 Å². The summed E-state index contributed by atoms with van der Waals surface area (Å²) in [6.07, 6.45) is 1.55. The van der Waals surface area contributed by atoms with Gasteiger partial charge < -0.3 is 9.84 Å². The van der Waals surface area contributed by atoms with Crippen LogP contribution in [0.15, 0.2) is 76.8 Å². The van der Waals surface area contributed by atoms with Gasteiger partial charge in [0.1, 0.15) is 12.4 Å². The molecule has 0 bridgehead atoms. The Morgan fingerprint density at radius 1 is 0.933 bits per heavy atom. The van der Waals surface area contributed by atoms with Crippen molar-refractivity contribution in [3.05, 3.63) is 105 Å². The van der Waals surface area contributed by atoms with E-state index in [0.717, 1.165) is 10.0 Å². The number of aromatic carboxylic acids is 1. The number of hydrogen-bond donors (Lipinski definition) is 1. The predicted molar refractivity (Wildman–Crippen MR) is 115 cm³/mol. The molecule has 4 rings (SSSR count). The van der Waals surface area contributed by atoms with E-state index in [0.29, 0.717) is 22.4 Å². The molecule has 1 aliphatic rings. The second-order valence-corrected chi connectivity index (χ2v) is 7.65. The molecule has 0 unspecified atom stereocenters. The first-order chi connectivity index (χ1) is 14.4. The van der Waals surface area contributed by atoms with Crippen molar-refractivity contribution in [2.75, 3.05) is 0 Å². The average Bonchev–Trinajstić information content (AvgIpc) is 2.98. The van der Waals surface area contributed by atoms with Gasteiger partial charge in [0, 0.05) is 21.2 Å². The molecule has 0 saturated carbocycles. The van der Waals surface area contributed by atoms with E-state index in [4.69, 9.17) is 9.84 Å². The summed E-state index contributed by atoms with van der Waals surface area (Å²) in [6.45, 7) is 0.208. The Balaban J connectivity index is 1.62. The molecule has 0 amide bonds. The Morgan fingerprint density at radius 2 is 1.57 bits per heavy atom. The quantitative estimate of drug-likeness (QED) is 0.416. The Labute approximate surface area is 180 Å². The summed E-state index contributed by atoms with van der Waals surface area (Å²) in [5, 5.41) is 8.99. The number of carboxylic acid groups (broad SMARTS) is 1. The van der Waals surface area contributed by atoms with E-state index in [1.807, 2.05) is 0 Å². The molecule has 6 heteroatoms. The van der Waals surface area contributed by atoms with Gasteiger partial charge in [-0.25, -0.2) is 4.79 Å².